The lowest BCUT2D eigenvalue weighted by Gasteiger charge is -2.19. The van der Waals surface area contributed by atoms with Crippen LogP contribution in [0.1, 0.15) is 30.5 Å². The fourth-order valence-electron chi connectivity index (χ4n) is 2.55. The van der Waals surface area contributed by atoms with Crippen LogP contribution in [0.2, 0.25) is 0 Å². The minimum absolute atomic E-state index is 0.441. The lowest BCUT2D eigenvalue weighted by Crippen LogP contribution is -2.24. The van der Waals surface area contributed by atoms with E-state index in [0.29, 0.717) is 12.5 Å². The van der Waals surface area contributed by atoms with Gasteiger partial charge in [-0.1, -0.05) is 55.8 Å². The number of guanidine groups is 1. The fourth-order valence-corrected chi connectivity index (χ4v) is 2.55. The van der Waals surface area contributed by atoms with Gasteiger partial charge in [0.2, 0.25) is 0 Å². The van der Waals surface area contributed by atoms with Gasteiger partial charge < -0.3 is 11.1 Å². The Morgan fingerprint density at radius 3 is 2.25 bits per heavy atom. The predicted octanol–water partition coefficient (Wildman–Crippen LogP) is 3.76. The molecule has 4 nitrogen and oxygen atoms in total. The summed E-state index contributed by atoms with van der Waals surface area (Å²) in [5.41, 5.74) is 10.7. The number of aryl methyl sites for hydroxylation is 1. The zero-order valence-corrected chi connectivity index (χ0v) is 14.9. The molecule has 0 saturated carbocycles. The molecule has 2 aromatic carbocycles. The standard InChI is InChI=1S/C20H28N4/c1-4-24(5-2)15-18-9-7-6-8-17(18)14-22-20(21)23-19-12-10-16(3)11-13-19/h6-13H,4-5,14-15H2,1-3H3,(H3,21,22,23). The molecule has 0 saturated heterocycles. The Morgan fingerprint density at radius 1 is 1.00 bits per heavy atom. The predicted molar refractivity (Wildman–Crippen MR) is 103 cm³/mol. The van der Waals surface area contributed by atoms with Gasteiger partial charge in [-0.15, -0.1) is 0 Å². The van der Waals surface area contributed by atoms with Crippen molar-refractivity contribution >= 4 is 11.6 Å². The highest BCUT2D eigenvalue weighted by Crippen LogP contribution is 2.13. The quantitative estimate of drug-likeness (QED) is 0.602. The van der Waals surface area contributed by atoms with Crippen LogP contribution in [0.15, 0.2) is 53.5 Å². The maximum absolute atomic E-state index is 6.02. The molecular weight excluding hydrogens is 296 g/mol. The van der Waals surface area contributed by atoms with Gasteiger partial charge in [0.1, 0.15) is 0 Å². The maximum Gasteiger partial charge on any atom is 0.193 e. The lowest BCUT2D eigenvalue weighted by atomic mass is 10.1. The first kappa shape index (κ1) is 18.0. The van der Waals surface area contributed by atoms with E-state index in [1.807, 2.05) is 12.1 Å². The smallest absolute Gasteiger partial charge is 0.193 e. The third-order valence-corrected chi connectivity index (χ3v) is 4.15. The summed E-state index contributed by atoms with van der Waals surface area (Å²) in [5.74, 6) is 0.441. The van der Waals surface area contributed by atoms with Crippen molar-refractivity contribution in [1.82, 2.24) is 4.90 Å². The van der Waals surface area contributed by atoms with Gasteiger partial charge in [0.25, 0.3) is 0 Å². The number of hydrogen-bond acceptors (Lipinski definition) is 2. The Labute approximate surface area is 145 Å². The monoisotopic (exact) mass is 324 g/mol. The number of rotatable bonds is 7. The Morgan fingerprint density at radius 2 is 1.62 bits per heavy atom. The molecule has 0 radical (unpaired) electrons. The van der Waals surface area contributed by atoms with Crippen molar-refractivity contribution in [2.24, 2.45) is 10.7 Å². The van der Waals surface area contributed by atoms with Gasteiger partial charge in [-0.3, -0.25) is 4.90 Å². The second kappa shape index (κ2) is 9.08. The minimum atomic E-state index is 0.441. The van der Waals surface area contributed by atoms with E-state index in [0.717, 1.165) is 25.3 Å². The normalized spacial score (nSPS) is 11.8. The van der Waals surface area contributed by atoms with Crippen LogP contribution in [-0.2, 0) is 13.1 Å². The van der Waals surface area contributed by atoms with Gasteiger partial charge in [0, 0.05) is 12.2 Å². The first-order chi connectivity index (χ1) is 11.6. The van der Waals surface area contributed by atoms with Crippen LogP contribution in [0.5, 0.6) is 0 Å². The molecular formula is C20H28N4. The number of anilines is 1. The second-order valence-corrected chi connectivity index (χ2v) is 5.92. The van der Waals surface area contributed by atoms with E-state index in [9.17, 15) is 0 Å². The third kappa shape index (κ3) is 5.39. The van der Waals surface area contributed by atoms with E-state index in [4.69, 9.17) is 5.73 Å². The second-order valence-electron chi connectivity index (χ2n) is 5.92. The molecule has 0 amide bonds. The van der Waals surface area contributed by atoms with Gasteiger partial charge in [-0.05, 0) is 43.3 Å². The van der Waals surface area contributed by atoms with Crippen molar-refractivity contribution in [2.45, 2.75) is 33.9 Å². The SMILES string of the molecule is CCN(CC)Cc1ccccc1CN=C(N)Nc1ccc(C)cc1. The molecule has 0 bridgehead atoms. The Hall–Kier alpha value is -2.33. The number of nitrogens with two attached hydrogens (primary N) is 1. The van der Waals surface area contributed by atoms with E-state index in [1.165, 1.54) is 16.7 Å². The molecule has 0 aliphatic heterocycles. The van der Waals surface area contributed by atoms with Crippen molar-refractivity contribution in [3.05, 3.63) is 65.2 Å². The molecule has 0 atom stereocenters. The number of nitrogens with zero attached hydrogens (tertiary/aromatic N) is 2. The molecule has 0 aliphatic rings. The van der Waals surface area contributed by atoms with Crippen LogP contribution in [0, 0.1) is 6.92 Å². The summed E-state index contributed by atoms with van der Waals surface area (Å²) in [5, 5.41) is 3.14. The highest BCUT2D eigenvalue weighted by atomic mass is 15.1. The zero-order chi connectivity index (χ0) is 17.4. The molecule has 2 aromatic rings. The van der Waals surface area contributed by atoms with Crippen LogP contribution in [0.3, 0.4) is 0 Å². The summed E-state index contributed by atoms with van der Waals surface area (Å²) >= 11 is 0. The van der Waals surface area contributed by atoms with E-state index in [2.05, 4.69) is 72.4 Å². The van der Waals surface area contributed by atoms with Crippen LogP contribution >= 0.6 is 0 Å². The Kier molecular flexibility index (Phi) is 6.82. The molecule has 0 spiro atoms. The molecule has 128 valence electrons. The van der Waals surface area contributed by atoms with E-state index in [1.54, 1.807) is 0 Å². The molecule has 0 aromatic heterocycles. The number of hydrogen-bond donors (Lipinski definition) is 2. The summed E-state index contributed by atoms with van der Waals surface area (Å²) < 4.78 is 0. The average molecular weight is 324 g/mol. The van der Waals surface area contributed by atoms with Gasteiger partial charge in [-0.2, -0.15) is 0 Å². The number of aliphatic imine (C=N–C) groups is 1. The summed E-state index contributed by atoms with van der Waals surface area (Å²) in [6.07, 6.45) is 0. The molecule has 0 unspecified atom stereocenters. The van der Waals surface area contributed by atoms with E-state index < -0.39 is 0 Å². The molecule has 0 aliphatic carbocycles. The third-order valence-electron chi connectivity index (χ3n) is 4.15. The Balaban J connectivity index is 2.03. The average Bonchev–Trinajstić information content (AvgIpc) is 2.60. The number of nitrogens with one attached hydrogen (secondary N) is 1. The van der Waals surface area contributed by atoms with Crippen LogP contribution in [-0.4, -0.2) is 23.9 Å². The van der Waals surface area contributed by atoms with Crippen molar-refractivity contribution in [3.63, 3.8) is 0 Å². The van der Waals surface area contributed by atoms with Crippen molar-refractivity contribution < 1.29 is 0 Å². The molecule has 4 heteroatoms. The largest absolute Gasteiger partial charge is 0.370 e. The summed E-state index contributed by atoms with van der Waals surface area (Å²) in [7, 11) is 0. The van der Waals surface area contributed by atoms with E-state index in [-0.39, 0.29) is 0 Å². The first-order valence-corrected chi connectivity index (χ1v) is 8.55. The molecule has 3 N–H and O–H groups in total. The van der Waals surface area contributed by atoms with Gasteiger partial charge >= 0.3 is 0 Å². The summed E-state index contributed by atoms with van der Waals surface area (Å²) in [6.45, 7) is 10.1. The Bertz CT molecular complexity index is 658. The van der Waals surface area contributed by atoms with Crippen molar-refractivity contribution in [2.75, 3.05) is 18.4 Å². The van der Waals surface area contributed by atoms with Crippen molar-refractivity contribution in [1.29, 1.82) is 0 Å². The first-order valence-electron chi connectivity index (χ1n) is 8.55. The summed E-state index contributed by atoms with van der Waals surface area (Å²) in [4.78, 5) is 6.90. The highest BCUT2D eigenvalue weighted by Gasteiger charge is 2.06. The van der Waals surface area contributed by atoms with E-state index >= 15 is 0 Å². The highest BCUT2D eigenvalue weighted by molar-refractivity contribution is 5.92. The van der Waals surface area contributed by atoms with Crippen LogP contribution in [0.4, 0.5) is 5.69 Å². The van der Waals surface area contributed by atoms with Crippen LogP contribution < -0.4 is 11.1 Å². The summed E-state index contributed by atoms with van der Waals surface area (Å²) in [6, 6.07) is 16.6. The van der Waals surface area contributed by atoms with Gasteiger partial charge in [-0.25, -0.2) is 4.99 Å². The molecule has 2 rings (SSSR count). The molecule has 24 heavy (non-hydrogen) atoms. The van der Waals surface area contributed by atoms with Gasteiger partial charge in [0.15, 0.2) is 5.96 Å². The van der Waals surface area contributed by atoms with Gasteiger partial charge in [0.05, 0.1) is 6.54 Å². The zero-order valence-electron chi connectivity index (χ0n) is 14.9. The number of benzene rings is 2. The maximum atomic E-state index is 6.02. The fraction of sp³-hybridized carbons (Fsp3) is 0.350. The topological polar surface area (TPSA) is 53.6 Å². The minimum Gasteiger partial charge on any atom is -0.370 e. The van der Waals surface area contributed by atoms with Crippen LogP contribution in [0.25, 0.3) is 0 Å². The molecule has 0 heterocycles. The van der Waals surface area contributed by atoms with Crippen molar-refractivity contribution in [3.8, 4) is 0 Å². The lowest BCUT2D eigenvalue weighted by molar-refractivity contribution is 0.295. The molecule has 0 fully saturated rings.